The monoisotopic (exact) mass is 412 g/mol. The van der Waals surface area contributed by atoms with Gasteiger partial charge in [-0.3, -0.25) is 9.59 Å². The molecule has 152 valence electrons. The topological polar surface area (TPSA) is 99.2 Å². The van der Waals surface area contributed by atoms with Gasteiger partial charge < -0.3 is 15.0 Å². The van der Waals surface area contributed by atoms with Gasteiger partial charge >= 0.3 is 0 Å². The van der Waals surface area contributed by atoms with Crippen LogP contribution < -0.4 is 0 Å². The first kappa shape index (κ1) is 19.7. The molecular formula is C21H24N4O3S. The van der Waals surface area contributed by atoms with Gasteiger partial charge in [-0.25, -0.2) is 9.97 Å². The molecule has 3 aromatic rings. The summed E-state index contributed by atoms with van der Waals surface area (Å²) in [6.45, 7) is 6.77. The van der Waals surface area contributed by atoms with Gasteiger partial charge in [0.1, 0.15) is 5.52 Å². The number of rotatable bonds is 3. The minimum Gasteiger partial charge on any atom is -0.393 e. The van der Waals surface area contributed by atoms with Crippen molar-refractivity contribution in [1.29, 1.82) is 0 Å². The van der Waals surface area contributed by atoms with Crippen LogP contribution in [0.3, 0.4) is 0 Å². The fourth-order valence-corrected chi connectivity index (χ4v) is 4.33. The lowest BCUT2D eigenvalue weighted by molar-refractivity contribution is 0.0550. The van der Waals surface area contributed by atoms with Gasteiger partial charge in [0.05, 0.1) is 33.3 Å². The van der Waals surface area contributed by atoms with Crippen LogP contribution in [-0.2, 0) is 0 Å². The Morgan fingerprint density at radius 2 is 1.97 bits per heavy atom. The molecule has 29 heavy (non-hydrogen) atoms. The number of thiophene rings is 1. The summed E-state index contributed by atoms with van der Waals surface area (Å²) in [5, 5.41) is 9.64. The molecule has 8 heteroatoms. The largest absolute Gasteiger partial charge is 0.393 e. The summed E-state index contributed by atoms with van der Waals surface area (Å²) in [6.07, 6.45) is 4.23. The Kier molecular flexibility index (Phi) is 5.00. The minimum absolute atomic E-state index is 0.00420. The van der Waals surface area contributed by atoms with Gasteiger partial charge in [-0.1, -0.05) is 20.8 Å². The first-order valence-electron chi connectivity index (χ1n) is 9.70. The Labute approximate surface area is 172 Å². The third-order valence-corrected chi connectivity index (χ3v) is 6.22. The first-order chi connectivity index (χ1) is 13.7. The van der Waals surface area contributed by atoms with Crippen LogP contribution in [0, 0.1) is 5.41 Å². The molecule has 4 heterocycles. The summed E-state index contributed by atoms with van der Waals surface area (Å²) in [5.41, 5.74) is 1.77. The van der Waals surface area contributed by atoms with Crippen LogP contribution in [0.15, 0.2) is 24.5 Å². The number of aromatic amines is 1. The number of nitrogens with zero attached hydrogens (tertiary/aromatic N) is 3. The normalized spacial score (nSPS) is 15.8. The van der Waals surface area contributed by atoms with Gasteiger partial charge in [-0.15, -0.1) is 11.3 Å². The molecule has 4 rings (SSSR count). The molecule has 0 aromatic carbocycles. The number of ketones is 1. The van der Waals surface area contributed by atoms with E-state index in [2.05, 4.69) is 15.0 Å². The number of aliphatic hydroxyl groups excluding tert-OH is 1. The average Bonchev–Trinajstić information content (AvgIpc) is 3.33. The van der Waals surface area contributed by atoms with Gasteiger partial charge in [0.15, 0.2) is 11.4 Å². The molecular weight excluding hydrogens is 388 g/mol. The van der Waals surface area contributed by atoms with Gasteiger partial charge in [0.25, 0.3) is 5.91 Å². The molecule has 1 aliphatic heterocycles. The lowest BCUT2D eigenvalue weighted by Crippen LogP contribution is -2.39. The lowest BCUT2D eigenvalue weighted by atomic mass is 9.87. The standard InChI is InChI=1S/C21H24N4O3S/c1-21(2,3)18(27)13-10-22-19-17(13)24-14(11-23-19)15-4-5-16(29-15)20(28)25-8-6-12(26)7-9-25/h4-5,10-12,26H,6-9H2,1-3H3,(H,22,23). The van der Waals surface area contributed by atoms with Crippen molar-refractivity contribution in [2.45, 2.75) is 39.7 Å². The number of piperidine rings is 1. The Bertz CT molecular complexity index is 1070. The summed E-state index contributed by atoms with van der Waals surface area (Å²) >= 11 is 1.37. The van der Waals surface area contributed by atoms with E-state index in [1.54, 1.807) is 23.4 Å². The number of Topliss-reactive ketones (excluding diaryl/α,β-unsaturated/α-hetero) is 1. The fourth-order valence-electron chi connectivity index (χ4n) is 3.40. The molecule has 1 aliphatic rings. The number of fused-ring (bicyclic) bond motifs is 1. The van der Waals surface area contributed by atoms with E-state index >= 15 is 0 Å². The van der Waals surface area contributed by atoms with Crippen LogP contribution in [-0.4, -0.2) is 55.8 Å². The van der Waals surface area contributed by atoms with E-state index in [0.29, 0.717) is 53.2 Å². The number of hydrogen-bond donors (Lipinski definition) is 2. The summed E-state index contributed by atoms with van der Waals surface area (Å²) < 4.78 is 0. The number of aromatic nitrogens is 3. The zero-order chi connectivity index (χ0) is 20.8. The van der Waals surface area contributed by atoms with Crippen LogP contribution in [0.2, 0.25) is 0 Å². The van der Waals surface area contributed by atoms with Crippen molar-refractivity contribution >= 4 is 34.2 Å². The molecule has 0 atom stereocenters. The van der Waals surface area contributed by atoms with Crippen LogP contribution in [0.25, 0.3) is 21.7 Å². The SMILES string of the molecule is CC(C)(C)C(=O)c1c[nH]c2ncc(-c3ccc(C(=O)N4CCC(O)CC4)s3)nc12. The molecule has 1 saturated heterocycles. The second kappa shape index (κ2) is 7.35. The molecule has 1 fully saturated rings. The molecule has 0 unspecified atom stereocenters. The summed E-state index contributed by atoms with van der Waals surface area (Å²) in [7, 11) is 0. The quantitative estimate of drug-likeness (QED) is 0.642. The average molecular weight is 413 g/mol. The zero-order valence-corrected chi connectivity index (χ0v) is 17.5. The number of carbonyl (C=O) groups excluding carboxylic acids is 2. The van der Waals surface area contributed by atoms with Crippen molar-refractivity contribution in [1.82, 2.24) is 19.9 Å². The summed E-state index contributed by atoms with van der Waals surface area (Å²) in [6, 6.07) is 3.67. The number of nitrogens with one attached hydrogen (secondary N) is 1. The molecule has 1 amide bonds. The van der Waals surface area contributed by atoms with Crippen LogP contribution in [0.1, 0.15) is 53.6 Å². The Morgan fingerprint density at radius 3 is 2.66 bits per heavy atom. The Balaban J connectivity index is 1.62. The third kappa shape index (κ3) is 3.82. The maximum Gasteiger partial charge on any atom is 0.263 e. The second-order valence-corrected chi connectivity index (χ2v) is 9.50. The van der Waals surface area contributed by atoms with Gasteiger partial charge in [-0.05, 0) is 25.0 Å². The predicted molar refractivity (Wildman–Crippen MR) is 112 cm³/mol. The minimum atomic E-state index is -0.517. The number of carbonyl (C=O) groups is 2. The zero-order valence-electron chi connectivity index (χ0n) is 16.7. The highest BCUT2D eigenvalue weighted by Gasteiger charge is 2.27. The third-order valence-electron chi connectivity index (χ3n) is 5.13. The Morgan fingerprint density at radius 1 is 1.24 bits per heavy atom. The number of aliphatic hydroxyl groups is 1. The van der Waals surface area contributed by atoms with Gasteiger partial charge in [-0.2, -0.15) is 0 Å². The molecule has 7 nitrogen and oxygen atoms in total. The highest BCUT2D eigenvalue weighted by molar-refractivity contribution is 7.17. The molecule has 0 spiro atoms. The molecule has 0 saturated carbocycles. The number of likely N-dealkylation sites (tertiary alicyclic amines) is 1. The second-order valence-electron chi connectivity index (χ2n) is 8.42. The van der Waals surface area contributed by atoms with E-state index in [1.807, 2.05) is 26.8 Å². The van der Waals surface area contributed by atoms with Crippen LogP contribution in [0.4, 0.5) is 0 Å². The maximum atomic E-state index is 12.7. The number of amides is 1. The van der Waals surface area contributed by atoms with E-state index in [-0.39, 0.29) is 17.8 Å². The van der Waals surface area contributed by atoms with E-state index in [1.165, 1.54) is 11.3 Å². The van der Waals surface area contributed by atoms with Gasteiger partial charge in [0.2, 0.25) is 0 Å². The fraction of sp³-hybridized carbons (Fsp3) is 0.429. The van der Waals surface area contributed by atoms with Gasteiger partial charge in [0, 0.05) is 24.7 Å². The smallest absolute Gasteiger partial charge is 0.263 e. The highest BCUT2D eigenvalue weighted by Crippen LogP contribution is 2.31. The predicted octanol–water partition coefficient (Wildman–Crippen LogP) is 3.51. The van der Waals surface area contributed by atoms with E-state index in [0.717, 1.165) is 4.88 Å². The van der Waals surface area contributed by atoms with Crippen molar-refractivity contribution < 1.29 is 14.7 Å². The van der Waals surface area contributed by atoms with E-state index < -0.39 is 5.41 Å². The number of hydrogen-bond acceptors (Lipinski definition) is 6. The van der Waals surface area contributed by atoms with Crippen molar-refractivity contribution in [3.05, 3.63) is 35.0 Å². The molecule has 0 aliphatic carbocycles. The van der Waals surface area contributed by atoms with Crippen molar-refractivity contribution in [3.8, 4) is 10.6 Å². The maximum absolute atomic E-state index is 12.7. The molecule has 3 aromatic heterocycles. The molecule has 2 N–H and O–H groups in total. The number of H-pyrrole nitrogens is 1. The van der Waals surface area contributed by atoms with Crippen LogP contribution >= 0.6 is 11.3 Å². The summed E-state index contributed by atoms with van der Waals surface area (Å²) in [4.78, 5) is 40.8. The summed E-state index contributed by atoms with van der Waals surface area (Å²) in [5.74, 6) is -0.0167. The first-order valence-corrected chi connectivity index (χ1v) is 10.5. The van der Waals surface area contributed by atoms with Crippen molar-refractivity contribution in [2.24, 2.45) is 5.41 Å². The highest BCUT2D eigenvalue weighted by atomic mass is 32.1. The van der Waals surface area contributed by atoms with E-state index in [4.69, 9.17) is 0 Å². The van der Waals surface area contributed by atoms with Crippen molar-refractivity contribution in [3.63, 3.8) is 0 Å². The van der Waals surface area contributed by atoms with Crippen molar-refractivity contribution in [2.75, 3.05) is 13.1 Å². The molecule has 0 radical (unpaired) electrons. The van der Waals surface area contributed by atoms with E-state index in [9.17, 15) is 14.7 Å². The lowest BCUT2D eigenvalue weighted by Gasteiger charge is -2.29. The van der Waals surface area contributed by atoms with Crippen LogP contribution in [0.5, 0.6) is 0 Å². The molecule has 0 bridgehead atoms. The Hall–Kier alpha value is -2.58.